The van der Waals surface area contributed by atoms with Gasteiger partial charge in [-0.15, -0.1) is 0 Å². The molecule has 116 valence electrons. The molecule has 0 spiro atoms. The van der Waals surface area contributed by atoms with Crippen molar-refractivity contribution in [2.24, 2.45) is 11.1 Å². The lowest BCUT2D eigenvalue weighted by Gasteiger charge is -2.26. The minimum atomic E-state index is 0.166. The average Bonchev–Trinajstić information content (AvgIpc) is 2.67. The summed E-state index contributed by atoms with van der Waals surface area (Å²) in [7, 11) is 0. The van der Waals surface area contributed by atoms with E-state index in [2.05, 4.69) is 38.1 Å². The maximum absolute atomic E-state index is 12.4. The van der Waals surface area contributed by atoms with E-state index < -0.39 is 0 Å². The van der Waals surface area contributed by atoms with Crippen molar-refractivity contribution in [2.75, 3.05) is 19.6 Å². The molecule has 1 aliphatic rings. The van der Waals surface area contributed by atoms with Crippen LogP contribution in [0.15, 0.2) is 24.3 Å². The number of hydrogen-bond acceptors (Lipinski definition) is 2. The molecule has 2 N–H and O–H groups in total. The molecule has 0 saturated carbocycles. The molecular formula is C18H28N2O. The quantitative estimate of drug-likeness (QED) is 0.905. The highest BCUT2D eigenvalue weighted by molar-refractivity contribution is 5.76. The number of rotatable bonds is 5. The largest absolute Gasteiger partial charge is 0.342 e. The minimum Gasteiger partial charge on any atom is -0.342 e. The van der Waals surface area contributed by atoms with Crippen LogP contribution in [0.1, 0.15) is 44.2 Å². The van der Waals surface area contributed by atoms with Crippen LogP contribution in [0.4, 0.5) is 0 Å². The summed E-state index contributed by atoms with van der Waals surface area (Å²) in [4.78, 5) is 14.5. The van der Waals surface area contributed by atoms with Crippen molar-refractivity contribution < 1.29 is 4.79 Å². The van der Waals surface area contributed by atoms with Crippen LogP contribution in [0.3, 0.4) is 0 Å². The third kappa shape index (κ3) is 4.57. The second kappa shape index (κ2) is 7.08. The van der Waals surface area contributed by atoms with Crippen LogP contribution in [0.5, 0.6) is 0 Å². The van der Waals surface area contributed by atoms with E-state index in [9.17, 15) is 4.79 Å². The Hall–Kier alpha value is -1.35. The number of amides is 1. The van der Waals surface area contributed by atoms with E-state index in [-0.39, 0.29) is 5.41 Å². The molecule has 0 atom stereocenters. The SMILES string of the molecule is CC(C)(CCN)CCC(=O)N1CCc2ccccc2CC1. The predicted octanol–water partition coefficient (Wildman–Crippen LogP) is 2.77. The highest BCUT2D eigenvalue weighted by Crippen LogP contribution is 2.26. The Morgan fingerprint density at radius 2 is 1.71 bits per heavy atom. The van der Waals surface area contributed by atoms with E-state index in [0.717, 1.165) is 38.8 Å². The van der Waals surface area contributed by atoms with Crippen LogP contribution in [0.25, 0.3) is 0 Å². The number of nitrogens with two attached hydrogens (primary N) is 1. The first kappa shape index (κ1) is 16.0. The Bertz CT molecular complexity index is 455. The molecule has 1 aromatic carbocycles. The van der Waals surface area contributed by atoms with Gasteiger partial charge in [0.1, 0.15) is 0 Å². The molecule has 1 amide bonds. The number of benzene rings is 1. The van der Waals surface area contributed by atoms with Crippen LogP contribution in [-0.4, -0.2) is 30.4 Å². The van der Waals surface area contributed by atoms with Gasteiger partial charge >= 0.3 is 0 Å². The van der Waals surface area contributed by atoms with Crippen LogP contribution < -0.4 is 5.73 Å². The van der Waals surface area contributed by atoms with E-state index in [4.69, 9.17) is 5.73 Å². The summed E-state index contributed by atoms with van der Waals surface area (Å²) in [5.41, 5.74) is 8.60. The summed E-state index contributed by atoms with van der Waals surface area (Å²) >= 11 is 0. The third-order valence-corrected chi connectivity index (χ3v) is 4.61. The number of hydrogen-bond donors (Lipinski definition) is 1. The summed E-state index contributed by atoms with van der Waals surface area (Å²) in [5, 5.41) is 0. The van der Waals surface area contributed by atoms with E-state index in [1.165, 1.54) is 11.1 Å². The van der Waals surface area contributed by atoms with Gasteiger partial charge < -0.3 is 10.6 Å². The number of fused-ring (bicyclic) bond motifs is 1. The van der Waals surface area contributed by atoms with Gasteiger partial charge in [-0.2, -0.15) is 0 Å². The summed E-state index contributed by atoms with van der Waals surface area (Å²) < 4.78 is 0. The predicted molar refractivity (Wildman–Crippen MR) is 87.1 cm³/mol. The fraction of sp³-hybridized carbons (Fsp3) is 0.611. The molecule has 3 heteroatoms. The number of nitrogens with zero attached hydrogens (tertiary/aromatic N) is 1. The highest BCUT2D eigenvalue weighted by atomic mass is 16.2. The van der Waals surface area contributed by atoms with Gasteiger partial charge in [-0.3, -0.25) is 4.79 Å². The van der Waals surface area contributed by atoms with Gasteiger partial charge in [-0.05, 0) is 48.8 Å². The molecule has 0 radical (unpaired) electrons. The highest BCUT2D eigenvalue weighted by Gasteiger charge is 2.22. The van der Waals surface area contributed by atoms with E-state index in [1.807, 2.05) is 4.90 Å². The fourth-order valence-corrected chi connectivity index (χ4v) is 3.04. The molecular weight excluding hydrogens is 260 g/mol. The van der Waals surface area contributed by atoms with Gasteiger partial charge in [0.2, 0.25) is 5.91 Å². The monoisotopic (exact) mass is 288 g/mol. The zero-order valence-corrected chi connectivity index (χ0v) is 13.4. The van der Waals surface area contributed by atoms with Crippen LogP contribution in [0, 0.1) is 5.41 Å². The van der Waals surface area contributed by atoms with E-state index in [0.29, 0.717) is 18.9 Å². The normalized spacial score (nSPS) is 15.5. The summed E-state index contributed by atoms with van der Waals surface area (Å²) in [6, 6.07) is 8.55. The maximum atomic E-state index is 12.4. The lowest BCUT2D eigenvalue weighted by Crippen LogP contribution is -2.34. The Balaban J connectivity index is 1.87. The summed E-state index contributed by atoms with van der Waals surface area (Å²) in [6.07, 6.45) is 4.50. The molecule has 0 fully saturated rings. The molecule has 21 heavy (non-hydrogen) atoms. The lowest BCUT2D eigenvalue weighted by molar-refractivity contribution is -0.131. The van der Waals surface area contributed by atoms with Crippen molar-refractivity contribution in [3.8, 4) is 0 Å². The van der Waals surface area contributed by atoms with E-state index >= 15 is 0 Å². The summed E-state index contributed by atoms with van der Waals surface area (Å²) in [5.74, 6) is 0.299. The van der Waals surface area contributed by atoms with E-state index in [1.54, 1.807) is 0 Å². The standard InChI is InChI=1S/C18H28N2O/c1-18(2,11-12-19)10-7-17(21)20-13-8-15-5-3-4-6-16(15)9-14-20/h3-6H,7-14,19H2,1-2H3. The Morgan fingerprint density at radius 1 is 1.14 bits per heavy atom. The average molecular weight is 288 g/mol. The fourth-order valence-electron chi connectivity index (χ4n) is 3.04. The van der Waals surface area contributed by atoms with Gasteiger partial charge in [0.15, 0.2) is 0 Å². The van der Waals surface area contributed by atoms with Crippen molar-refractivity contribution in [1.29, 1.82) is 0 Å². The van der Waals surface area contributed by atoms with Crippen molar-refractivity contribution in [3.63, 3.8) is 0 Å². The van der Waals surface area contributed by atoms with Gasteiger partial charge in [-0.25, -0.2) is 0 Å². The van der Waals surface area contributed by atoms with Gasteiger partial charge in [0, 0.05) is 19.5 Å². The van der Waals surface area contributed by atoms with Crippen LogP contribution in [0.2, 0.25) is 0 Å². The third-order valence-electron chi connectivity index (χ3n) is 4.61. The molecule has 1 aliphatic heterocycles. The maximum Gasteiger partial charge on any atom is 0.222 e. The minimum absolute atomic E-state index is 0.166. The Morgan fingerprint density at radius 3 is 2.24 bits per heavy atom. The van der Waals surface area contributed by atoms with Crippen LogP contribution >= 0.6 is 0 Å². The zero-order chi connectivity index (χ0) is 15.3. The first-order valence-corrected chi connectivity index (χ1v) is 8.06. The number of carbonyl (C=O) groups is 1. The van der Waals surface area contributed by atoms with Crippen molar-refractivity contribution in [3.05, 3.63) is 35.4 Å². The molecule has 0 aromatic heterocycles. The second-order valence-corrected chi connectivity index (χ2v) is 6.85. The Kier molecular flexibility index (Phi) is 5.40. The topological polar surface area (TPSA) is 46.3 Å². The molecule has 0 bridgehead atoms. The second-order valence-electron chi connectivity index (χ2n) is 6.85. The lowest BCUT2D eigenvalue weighted by atomic mass is 9.84. The van der Waals surface area contributed by atoms with Crippen molar-refractivity contribution in [1.82, 2.24) is 4.90 Å². The first-order chi connectivity index (χ1) is 10.0. The first-order valence-electron chi connectivity index (χ1n) is 8.06. The molecule has 1 aromatic rings. The van der Waals surface area contributed by atoms with Gasteiger partial charge in [0.05, 0.1) is 0 Å². The van der Waals surface area contributed by atoms with Gasteiger partial charge in [0.25, 0.3) is 0 Å². The molecule has 3 nitrogen and oxygen atoms in total. The molecule has 1 heterocycles. The van der Waals surface area contributed by atoms with Crippen molar-refractivity contribution >= 4 is 5.91 Å². The Labute approximate surface area is 128 Å². The van der Waals surface area contributed by atoms with Crippen molar-refractivity contribution in [2.45, 2.75) is 46.0 Å². The summed E-state index contributed by atoms with van der Waals surface area (Å²) in [6.45, 7) is 6.80. The molecule has 0 aliphatic carbocycles. The van der Waals surface area contributed by atoms with Crippen LogP contribution in [-0.2, 0) is 17.6 Å². The molecule has 0 unspecified atom stereocenters. The smallest absolute Gasteiger partial charge is 0.222 e. The number of carbonyl (C=O) groups excluding carboxylic acids is 1. The molecule has 2 rings (SSSR count). The molecule has 0 saturated heterocycles. The van der Waals surface area contributed by atoms with Gasteiger partial charge in [-0.1, -0.05) is 38.1 Å². The zero-order valence-electron chi connectivity index (χ0n) is 13.4.